The van der Waals surface area contributed by atoms with Crippen LogP contribution in [0.25, 0.3) is 0 Å². The van der Waals surface area contributed by atoms with Gasteiger partial charge in [-0.25, -0.2) is 0 Å². The highest BCUT2D eigenvalue weighted by molar-refractivity contribution is 6.21. The van der Waals surface area contributed by atoms with Crippen LogP contribution in [0.5, 0.6) is 0 Å². The summed E-state index contributed by atoms with van der Waals surface area (Å²) >= 11 is 0. The minimum atomic E-state index is -0.882. The monoisotopic (exact) mass is 273 g/mol. The summed E-state index contributed by atoms with van der Waals surface area (Å²) in [7, 11) is 0. The number of carbonyl (C=O) groups is 2. The number of amidine groups is 1. The van der Waals surface area contributed by atoms with Gasteiger partial charge in [-0.15, -0.1) is 0 Å². The molecule has 0 fully saturated rings. The van der Waals surface area contributed by atoms with Gasteiger partial charge in [-0.3, -0.25) is 9.59 Å². The largest absolute Gasteiger partial charge is 0.319 e. The van der Waals surface area contributed by atoms with E-state index < -0.39 is 17.4 Å². The third-order valence-electron chi connectivity index (χ3n) is 3.75. The molecule has 106 valence electrons. The Bertz CT molecular complexity index is 591. The second-order valence-electron chi connectivity index (χ2n) is 5.35. The van der Waals surface area contributed by atoms with E-state index in [0.29, 0.717) is 12.0 Å². The zero-order valence-corrected chi connectivity index (χ0v) is 11.9. The number of nitrogens with two attached hydrogens (primary N) is 1. The van der Waals surface area contributed by atoms with Crippen molar-refractivity contribution in [2.24, 2.45) is 10.7 Å². The normalized spacial score (nSPS) is 22.0. The highest BCUT2D eigenvalue weighted by Crippen LogP contribution is 2.25. The van der Waals surface area contributed by atoms with E-state index in [0.717, 1.165) is 5.56 Å². The van der Waals surface area contributed by atoms with Gasteiger partial charge in [-0.2, -0.15) is 4.99 Å². The van der Waals surface area contributed by atoms with Crippen molar-refractivity contribution in [3.8, 4) is 0 Å². The van der Waals surface area contributed by atoms with Gasteiger partial charge in [0.2, 0.25) is 5.91 Å². The van der Waals surface area contributed by atoms with Gasteiger partial charge in [-0.05, 0) is 31.4 Å². The first-order chi connectivity index (χ1) is 9.36. The molecule has 1 aliphatic heterocycles. The van der Waals surface area contributed by atoms with Crippen molar-refractivity contribution in [3.05, 3.63) is 35.4 Å². The first kappa shape index (κ1) is 14.4. The molecule has 2 amide bonds. The number of aryl methyl sites for hydroxylation is 1. The average molecular weight is 273 g/mol. The van der Waals surface area contributed by atoms with Crippen LogP contribution in [0, 0.1) is 6.92 Å². The Balaban J connectivity index is 2.40. The van der Waals surface area contributed by atoms with E-state index >= 15 is 0 Å². The van der Waals surface area contributed by atoms with Crippen molar-refractivity contribution < 1.29 is 9.59 Å². The summed E-state index contributed by atoms with van der Waals surface area (Å²) in [5, 5.41) is 2.68. The Kier molecular flexibility index (Phi) is 3.72. The summed E-state index contributed by atoms with van der Waals surface area (Å²) < 4.78 is 0. The number of amides is 2. The summed E-state index contributed by atoms with van der Waals surface area (Å²) in [6.07, 6.45) is 0.578. The van der Waals surface area contributed by atoms with Crippen LogP contribution in [-0.2, 0) is 9.59 Å². The number of carbonyl (C=O) groups excluding carboxylic acids is 2. The molecule has 0 radical (unpaired) electrons. The minimum Gasteiger partial charge on any atom is -0.319 e. The van der Waals surface area contributed by atoms with Crippen LogP contribution in [0.4, 0.5) is 0 Å². The standard InChI is InChI=1S/C15H19N3O2/c1-4-15(3,16)14-17-12(19)11(13(20)18-14)10-8-6-5-7-9(10)2/h5-8,11H,4,16H2,1-3H3,(H,17,18,19,20). The number of rotatable bonds is 3. The number of nitrogens with one attached hydrogen (secondary N) is 1. The average Bonchev–Trinajstić information content (AvgIpc) is 2.40. The number of aliphatic imine (C=N–C) groups is 1. The third kappa shape index (κ3) is 2.49. The van der Waals surface area contributed by atoms with Crippen LogP contribution in [0.1, 0.15) is 37.3 Å². The molecule has 1 aromatic carbocycles. The molecule has 5 nitrogen and oxygen atoms in total. The molecule has 20 heavy (non-hydrogen) atoms. The lowest BCUT2D eigenvalue weighted by Gasteiger charge is -2.30. The lowest BCUT2D eigenvalue weighted by atomic mass is 9.90. The van der Waals surface area contributed by atoms with Gasteiger partial charge in [0.15, 0.2) is 0 Å². The summed E-state index contributed by atoms with van der Waals surface area (Å²) in [6.45, 7) is 5.49. The van der Waals surface area contributed by atoms with E-state index in [1.807, 2.05) is 26.0 Å². The van der Waals surface area contributed by atoms with E-state index in [1.165, 1.54) is 0 Å². The zero-order valence-electron chi connectivity index (χ0n) is 11.9. The van der Waals surface area contributed by atoms with E-state index in [1.54, 1.807) is 19.1 Å². The molecule has 0 saturated heterocycles. The molecule has 1 aliphatic rings. The SMILES string of the molecule is CCC(C)(N)C1=NC(=O)C(c2ccccc2C)C(=O)N1. The molecule has 0 saturated carbocycles. The van der Waals surface area contributed by atoms with Gasteiger partial charge in [0.05, 0.1) is 5.54 Å². The molecule has 2 atom stereocenters. The quantitative estimate of drug-likeness (QED) is 0.813. The van der Waals surface area contributed by atoms with Crippen LogP contribution < -0.4 is 11.1 Å². The summed E-state index contributed by atoms with van der Waals surface area (Å²) in [6, 6.07) is 7.32. The van der Waals surface area contributed by atoms with E-state index in [4.69, 9.17) is 5.73 Å². The van der Waals surface area contributed by atoms with Crippen LogP contribution in [-0.4, -0.2) is 23.2 Å². The maximum atomic E-state index is 12.3. The van der Waals surface area contributed by atoms with Crippen molar-refractivity contribution in [2.75, 3.05) is 0 Å². The van der Waals surface area contributed by atoms with Crippen molar-refractivity contribution >= 4 is 17.6 Å². The van der Waals surface area contributed by atoms with Crippen LogP contribution >= 0.6 is 0 Å². The fraction of sp³-hybridized carbons (Fsp3) is 0.400. The van der Waals surface area contributed by atoms with Gasteiger partial charge in [0.1, 0.15) is 11.8 Å². The molecule has 2 rings (SSSR count). The predicted molar refractivity (Wildman–Crippen MR) is 77.4 cm³/mol. The van der Waals surface area contributed by atoms with E-state index in [2.05, 4.69) is 10.3 Å². The Morgan fingerprint density at radius 3 is 2.55 bits per heavy atom. The minimum absolute atomic E-state index is 0.250. The van der Waals surface area contributed by atoms with Crippen molar-refractivity contribution in [1.82, 2.24) is 5.32 Å². The molecule has 3 N–H and O–H groups in total. The molecule has 0 bridgehead atoms. The first-order valence-corrected chi connectivity index (χ1v) is 6.65. The molecule has 5 heteroatoms. The summed E-state index contributed by atoms with van der Waals surface area (Å²) in [4.78, 5) is 28.5. The number of hydrogen-bond donors (Lipinski definition) is 2. The lowest BCUT2D eigenvalue weighted by molar-refractivity contribution is -0.130. The fourth-order valence-electron chi connectivity index (χ4n) is 2.13. The molecule has 0 aliphatic carbocycles. The predicted octanol–water partition coefficient (Wildman–Crippen LogP) is 1.26. The number of benzene rings is 1. The lowest BCUT2D eigenvalue weighted by Crippen LogP contribution is -2.57. The Labute approximate surface area is 118 Å². The van der Waals surface area contributed by atoms with Crippen LogP contribution in [0.3, 0.4) is 0 Å². The van der Waals surface area contributed by atoms with Gasteiger partial charge in [0.25, 0.3) is 5.91 Å². The topological polar surface area (TPSA) is 84.5 Å². The number of nitrogens with zero attached hydrogens (tertiary/aromatic N) is 1. The zero-order chi connectivity index (χ0) is 14.9. The smallest absolute Gasteiger partial charge is 0.264 e. The molecule has 0 aromatic heterocycles. The van der Waals surface area contributed by atoms with Crippen LogP contribution in [0.15, 0.2) is 29.3 Å². The number of hydrogen-bond acceptors (Lipinski definition) is 3. The summed E-state index contributed by atoms with van der Waals surface area (Å²) in [5.41, 5.74) is 6.81. The highest BCUT2D eigenvalue weighted by atomic mass is 16.2. The Morgan fingerprint density at radius 2 is 2.00 bits per heavy atom. The van der Waals surface area contributed by atoms with Gasteiger partial charge in [-0.1, -0.05) is 31.2 Å². The second-order valence-corrected chi connectivity index (χ2v) is 5.35. The molecular weight excluding hydrogens is 254 g/mol. The molecule has 2 unspecified atom stereocenters. The molecule has 1 heterocycles. The Morgan fingerprint density at radius 1 is 1.35 bits per heavy atom. The summed E-state index contributed by atoms with van der Waals surface area (Å²) in [5.74, 6) is -1.45. The molecular formula is C15H19N3O2. The van der Waals surface area contributed by atoms with Crippen molar-refractivity contribution in [3.63, 3.8) is 0 Å². The van der Waals surface area contributed by atoms with E-state index in [-0.39, 0.29) is 11.7 Å². The van der Waals surface area contributed by atoms with Gasteiger partial charge >= 0.3 is 0 Å². The molecule has 1 aromatic rings. The maximum absolute atomic E-state index is 12.3. The fourth-order valence-corrected chi connectivity index (χ4v) is 2.13. The van der Waals surface area contributed by atoms with E-state index in [9.17, 15) is 9.59 Å². The molecule has 0 spiro atoms. The Hall–Kier alpha value is -2.01. The van der Waals surface area contributed by atoms with Crippen molar-refractivity contribution in [2.45, 2.75) is 38.6 Å². The van der Waals surface area contributed by atoms with Gasteiger partial charge < -0.3 is 11.1 Å². The maximum Gasteiger partial charge on any atom is 0.264 e. The van der Waals surface area contributed by atoms with Crippen molar-refractivity contribution in [1.29, 1.82) is 0 Å². The van der Waals surface area contributed by atoms with Crippen LogP contribution in [0.2, 0.25) is 0 Å². The van der Waals surface area contributed by atoms with Gasteiger partial charge in [0, 0.05) is 0 Å². The first-order valence-electron chi connectivity index (χ1n) is 6.65. The third-order valence-corrected chi connectivity index (χ3v) is 3.75. The second kappa shape index (κ2) is 5.17. The highest BCUT2D eigenvalue weighted by Gasteiger charge is 2.38.